The summed E-state index contributed by atoms with van der Waals surface area (Å²) in [5.41, 5.74) is 1.41. The average Bonchev–Trinajstić information content (AvgIpc) is 2.81. The van der Waals surface area contributed by atoms with Crippen LogP contribution in [0.5, 0.6) is 11.5 Å². The first-order valence-electron chi connectivity index (χ1n) is 10.6. The third-order valence-corrected chi connectivity index (χ3v) is 6.14. The van der Waals surface area contributed by atoms with E-state index in [9.17, 15) is 18.0 Å². The lowest BCUT2D eigenvalue weighted by atomic mass is 9.96. The number of piperidine rings is 1. The van der Waals surface area contributed by atoms with E-state index in [0.717, 1.165) is 19.1 Å². The van der Waals surface area contributed by atoms with Crippen LogP contribution in [0, 0.1) is 5.92 Å². The Kier molecular flexibility index (Phi) is 7.80. The summed E-state index contributed by atoms with van der Waals surface area (Å²) in [6.45, 7) is 1.74. The summed E-state index contributed by atoms with van der Waals surface area (Å²) in [5.74, 6) is 1.09. The Bertz CT molecular complexity index is 1090. The van der Waals surface area contributed by atoms with Crippen LogP contribution in [0.25, 0.3) is 0 Å². The number of hydrogen-bond donors (Lipinski definition) is 2. The van der Waals surface area contributed by atoms with Gasteiger partial charge in [-0.3, -0.25) is 14.3 Å². The summed E-state index contributed by atoms with van der Waals surface area (Å²) in [5, 5.41) is 2.93. The first-order valence-corrected chi connectivity index (χ1v) is 12.5. The van der Waals surface area contributed by atoms with Gasteiger partial charge in [-0.05, 0) is 61.2 Å². The Hall–Kier alpha value is -3.27. The van der Waals surface area contributed by atoms with Gasteiger partial charge in [-0.15, -0.1) is 0 Å². The number of likely N-dealkylation sites (tertiary alicyclic amines) is 1. The highest BCUT2D eigenvalue weighted by Gasteiger charge is 2.24. The van der Waals surface area contributed by atoms with Gasteiger partial charge in [0, 0.05) is 36.4 Å². The average molecular weight is 476 g/mol. The highest BCUT2D eigenvalue weighted by Crippen LogP contribution is 2.28. The topological polar surface area (TPSA) is 114 Å². The predicted octanol–water partition coefficient (Wildman–Crippen LogP) is 2.36. The molecule has 2 aromatic carbocycles. The largest absolute Gasteiger partial charge is 0.493 e. The van der Waals surface area contributed by atoms with Crippen molar-refractivity contribution in [2.24, 2.45) is 5.92 Å². The van der Waals surface area contributed by atoms with Gasteiger partial charge in [0.05, 0.1) is 20.5 Å². The number of amides is 2. The van der Waals surface area contributed by atoms with Gasteiger partial charge in [-0.1, -0.05) is 0 Å². The maximum absolute atomic E-state index is 12.9. The molecule has 0 unspecified atom stereocenters. The lowest BCUT2D eigenvalue weighted by Crippen LogP contribution is -2.41. The zero-order valence-electron chi connectivity index (χ0n) is 19.0. The summed E-state index contributed by atoms with van der Waals surface area (Å²) < 4.78 is 35.4. The highest BCUT2D eigenvalue weighted by atomic mass is 32.2. The molecule has 0 atom stereocenters. The maximum Gasteiger partial charge on any atom is 0.253 e. The number of sulfonamides is 1. The zero-order chi connectivity index (χ0) is 24.0. The summed E-state index contributed by atoms with van der Waals surface area (Å²) in [6, 6.07) is 11.4. The van der Waals surface area contributed by atoms with Gasteiger partial charge in [-0.25, -0.2) is 8.42 Å². The molecule has 1 saturated heterocycles. The minimum Gasteiger partial charge on any atom is -0.493 e. The van der Waals surface area contributed by atoms with Gasteiger partial charge in [0.15, 0.2) is 11.5 Å². The molecule has 2 N–H and O–H groups in total. The second-order valence-electron chi connectivity index (χ2n) is 7.97. The smallest absolute Gasteiger partial charge is 0.253 e. The van der Waals surface area contributed by atoms with Crippen LogP contribution in [-0.4, -0.2) is 65.2 Å². The number of ether oxygens (including phenoxy) is 2. The Morgan fingerprint density at radius 2 is 1.58 bits per heavy atom. The molecule has 33 heavy (non-hydrogen) atoms. The molecule has 0 saturated carbocycles. The molecule has 10 heteroatoms. The molecule has 0 radical (unpaired) electrons. The molecule has 0 aromatic heterocycles. The number of methoxy groups -OCH3 is 2. The van der Waals surface area contributed by atoms with E-state index in [0.29, 0.717) is 47.9 Å². The van der Waals surface area contributed by atoms with Crippen LogP contribution in [0.2, 0.25) is 0 Å². The van der Waals surface area contributed by atoms with Crippen molar-refractivity contribution in [3.05, 3.63) is 53.6 Å². The second-order valence-corrected chi connectivity index (χ2v) is 9.72. The predicted molar refractivity (Wildman–Crippen MR) is 125 cm³/mol. The lowest BCUT2D eigenvalue weighted by Gasteiger charge is -2.32. The van der Waals surface area contributed by atoms with Crippen molar-refractivity contribution < 1.29 is 27.5 Å². The number of carbonyl (C=O) groups excluding carboxylic acids is 2. The molecular formula is C23H29N3O6S. The molecule has 1 fully saturated rings. The maximum atomic E-state index is 12.9. The van der Waals surface area contributed by atoms with Crippen molar-refractivity contribution in [3.63, 3.8) is 0 Å². The molecule has 2 aromatic rings. The normalized spacial score (nSPS) is 14.5. The number of anilines is 1. The highest BCUT2D eigenvalue weighted by molar-refractivity contribution is 7.92. The Labute approximate surface area is 194 Å². The third kappa shape index (κ3) is 6.61. The Morgan fingerprint density at radius 1 is 0.970 bits per heavy atom. The molecular weight excluding hydrogens is 446 g/mol. The zero-order valence-corrected chi connectivity index (χ0v) is 19.8. The number of rotatable bonds is 8. The molecule has 0 bridgehead atoms. The van der Waals surface area contributed by atoms with Gasteiger partial charge in [0.25, 0.3) is 11.8 Å². The molecule has 178 valence electrons. The van der Waals surface area contributed by atoms with E-state index >= 15 is 0 Å². The van der Waals surface area contributed by atoms with E-state index < -0.39 is 10.0 Å². The van der Waals surface area contributed by atoms with Crippen LogP contribution in [0.4, 0.5) is 5.69 Å². The summed E-state index contributed by atoms with van der Waals surface area (Å²) >= 11 is 0. The minimum atomic E-state index is -3.36. The number of benzene rings is 2. The van der Waals surface area contributed by atoms with Crippen LogP contribution in [0.1, 0.15) is 33.6 Å². The van der Waals surface area contributed by atoms with Crippen LogP contribution in [0.15, 0.2) is 42.5 Å². The van der Waals surface area contributed by atoms with E-state index in [2.05, 4.69) is 10.0 Å². The second kappa shape index (κ2) is 10.6. The third-order valence-electron chi connectivity index (χ3n) is 5.53. The van der Waals surface area contributed by atoms with E-state index in [1.165, 1.54) is 7.11 Å². The standard InChI is InChI=1S/C23H29N3O6S/c1-31-20-9-6-18(14-21(20)32-2)23(28)26-12-10-16(11-13-26)15-24-22(27)17-4-7-19(8-5-17)25-33(3,29)30/h4-9,14,16,25H,10-13,15H2,1-3H3,(H,24,27). The Morgan fingerprint density at radius 3 is 2.15 bits per heavy atom. The summed E-state index contributed by atoms with van der Waals surface area (Å²) in [7, 11) is -0.276. The monoisotopic (exact) mass is 475 g/mol. The molecule has 1 heterocycles. The van der Waals surface area contributed by atoms with E-state index in [1.807, 2.05) is 4.90 Å². The Balaban J connectivity index is 1.48. The number of hydrogen-bond acceptors (Lipinski definition) is 6. The fourth-order valence-electron chi connectivity index (χ4n) is 3.73. The molecule has 3 rings (SSSR count). The van der Waals surface area contributed by atoms with E-state index in [-0.39, 0.29) is 17.7 Å². The van der Waals surface area contributed by atoms with Gasteiger partial charge in [0.2, 0.25) is 10.0 Å². The van der Waals surface area contributed by atoms with Crippen molar-refractivity contribution in [2.75, 3.05) is 44.8 Å². The number of nitrogens with zero attached hydrogens (tertiary/aromatic N) is 1. The van der Waals surface area contributed by atoms with Crippen molar-refractivity contribution in [1.82, 2.24) is 10.2 Å². The minimum absolute atomic E-state index is 0.0544. The number of nitrogens with one attached hydrogen (secondary N) is 2. The van der Waals surface area contributed by atoms with Gasteiger partial charge < -0.3 is 19.7 Å². The van der Waals surface area contributed by atoms with E-state index in [1.54, 1.807) is 49.6 Å². The first kappa shape index (κ1) is 24.4. The quantitative estimate of drug-likeness (QED) is 0.606. The summed E-state index contributed by atoms with van der Waals surface area (Å²) in [6.07, 6.45) is 2.65. The molecule has 0 spiro atoms. The van der Waals surface area contributed by atoms with Gasteiger partial charge in [-0.2, -0.15) is 0 Å². The van der Waals surface area contributed by atoms with Gasteiger partial charge >= 0.3 is 0 Å². The van der Waals surface area contributed by atoms with Crippen LogP contribution >= 0.6 is 0 Å². The van der Waals surface area contributed by atoms with Gasteiger partial charge in [0.1, 0.15) is 0 Å². The lowest BCUT2D eigenvalue weighted by molar-refractivity contribution is 0.0684. The van der Waals surface area contributed by atoms with Crippen LogP contribution in [0.3, 0.4) is 0 Å². The SMILES string of the molecule is COc1ccc(C(=O)N2CCC(CNC(=O)c3ccc(NS(C)(=O)=O)cc3)CC2)cc1OC. The molecule has 0 aliphatic carbocycles. The van der Waals surface area contributed by atoms with Crippen molar-refractivity contribution in [1.29, 1.82) is 0 Å². The van der Waals surface area contributed by atoms with Crippen LogP contribution in [-0.2, 0) is 10.0 Å². The first-order chi connectivity index (χ1) is 15.7. The fourth-order valence-corrected chi connectivity index (χ4v) is 4.30. The number of carbonyl (C=O) groups is 2. The fraction of sp³-hybridized carbons (Fsp3) is 0.391. The van der Waals surface area contributed by atoms with E-state index in [4.69, 9.17) is 9.47 Å². The molecule has 9 nitrogen and oxygen atoms in total. The molecule has 1 aliphatic heterocycles. The summed E-state index contributed by atoms with van der Waals surface area (Å²) in [4.78, 5) is 27.1. The molecule has 2 amide bonds. The van der Waals surface area contributed by atoms with Crippen molar-refractivity contribution in [2.45, 2.75) is 12.8 Å². The van der Waals surface area contributed by atoms with Crippen molar-refractivity contribution in [3.8, 4) is 11.5 Å². The molecule has 1 aliphatic rings. The van der Waals surface area contributed by atoms with Crippen molar-refractivity contribution >= 4 is 27.5 Å². The van der Waals surface area contributed by atoms with Crippen LogP contribution < -0.4 is 19.5 Å².